The summed E-state index contributed by atoms with van der Waals surface area (Å²) in [7, 11) is 0. The summed E-state index contributed by atoms with van der Waals surface area (Å²) in [6.45, 7) is 0.766. The van der Waals surface area contributed by atoms with Gasteiger partial charge in [0.2, 0.25) is 0 Å². The van der Waals surface area contributed by atoms with Crippen molar-refractivity contribution in [2.24, 2.45) is 11.7 Å². The van der Waals surface area contributed by atoms with Crippen molar-refractivity contribution in [1.29, 1.82) is 0 Å². The first-order valence-electron chi connectivity index (χ1n) is 7.05. The number of nitrogens with zero attached hydrogens (tertiary/aromatic N) is 2. The Bertz CT molecular complexity index is 545. The van der Waals surface area contributed by atoms with Crippen molar-refractivity contribution in [3.05, 3.63) is 36.7 Å². The minimum absolute atomic E-state index is 0.544. The summed E-state index contributed by atoms with van der Waals surface area (Å²) in [4.78, 5) is 25.7. The van der Waals surface area contributed by atoms with E-state index in [2.05, 4.69) is 16.0 Å². The highest BCUT2D eigenvalue weighted by Gasteiger charge is 2.51. The van der Waals surface area contributed by atoms with Crippen molar-refractivity contribution in [3.8, 4) is 0 Å². The van der Waals surface area contributed by atoms with Gasteiger partial charge in [-0.15, -0.1) is 0 Å². The molecule has 0 aromatic carbocycles. The number of carboxylic acids is 2. The molecule has 3 rings (SSSR count). The summed E-state index contributed by atoms with van der Waals surface area (Å²) < 4.78 is 0. The van der Waals surface area contributed by atoms with E-state index in [1.807, 2.05) is 18.5 Å². The number of nitrogens with two attached hydrogens (primary N) is 1. The van der Waals surface area contributed by atoms with Crippen molar-refractivity contribution in [1.82, 2.24) is 4.98 Å². The zero-order valence-electron chi connectivity index (χ0n) is 12.0. The largest absolute Gasteiger partial charge is 0.478 e. The lowest BCUT2D eigenvalue weighted by molar-refractivity contribution is -0.134. The van der Waals surface area contributed by atoms with Gasteiger partial charge in [0.15, 0.2) is 0 Å². The molecule has 1 aliphatic carbocycles. The zero-order valence-corrected chi connectivity index (χ0v) is 12.0. The molecule has 118 valence electrons. The fourth-order valence-electron chi connectivity index (χ4n) is 2.82. The van der Waals surface area contributed by atoms with Crippen LogP contribution in [0, 0.1) is 5.92 Å². The number of fused-ring (bicyclic) bond motifs is 1. The highest BCUT2D eigenvalue weighted by Crippen LogP contribution is 2.49. The Labute approximate surface area is 128 Å². The fourth-order valence-corrected chi connectivity index (χ4v) is 2.82. The number of carboxylic acid groups (broad SMARTS) is 2. The summed E-state index contributed by atoms with van der Waals surface area (Å²) in [5.74, 6) is -1.61. The molecule has 0 amide bonds. The van der Waals surface area contributed by atoms with Gasteiger partial charge in [-0.3, -0.25) is 4.98 Å². The number of rotatable bonds is 4. The normalized spacial score (nSPS) is 25.3. The number of pyridine rings is 1. The van der Waals surface area contributed by atoms with Gasteiger partial charge in [0.05, 0.1) is 11.9 Å². The lowest BCUT2D eigenvalue weighted by atomic mass is 10.1. The molecule has 1 saturated carbocycles. The molecule has 7 heteroatoms. The second kappa shape index (κ2) is 7.04. The monoisotopic (exact) mass is 305 g/mol. The molecule has 1 aromatic rings. The average Bonchev–Trinajstić information content (AvgIpc) is 3.17. The van der Waals surface area contributed by atoms with Gasteiger partial charge in [-0.1, -0.05) is 0 Å². The van der Waals surface area contributed by atoms with Crippen LogP contribution in [0.1, 0.15) is 12.8 Å². The van der Waals surface area contributed by atoms with Crippen LogP contribution in [0.25, 0.3) is 0 Å². The van der Waals surface area contributed by atoms with E-state index in [0.29, 0.717) is 18.2 Å². The van der Waals surface area contributed by atoms with Gasteiger partial charge in [0.1, 0.15) is 0 Å². The molecule has 2 aliphatic rings. The molecule has 4 N–H and O–H groups in total. The number of anilines is 1. The Balaban J connectivity index is 0.000000192. The van der Waals surface area contributed by atoms with Gasteiger partial charge >= 0.3 is 11.9 Å². The van der Waals surface area contributed by atoms with Crippen LogP contribution in [-0.4, -0.2) is 45.8 Å². The molecule has 3 atom stereocenters. The van der Waals surface area contributed by atoms with Crippen LogP contribution in [0.15, 0.2) is 36.7 Å². The first kappa shape index (κ1) is 16.0. The summed E-state index contributed by atoms with van der Waals surface area (Å²) in [5.41, 5.74) is 7.03. The molecule has 0 radical (unpaired) electrons. The molecule has 2 heterocycles. The van der Waals surface area contributed by atoms with Gasteiger partial charge in [0, 0.05) is 37.0 Å². The zero-order chi connectivity index (χ0) is 16.1. The van der Waals surface area contributed by atoms with Crippen LogP contribution in [-0.2, 0) is 9.59 Å². The Morgan fingerprint density at radius 3 is 2.50 bits per heavy atom. The Morgan fingerprint density at radius 2 is 2.00 bits per heavy atom. The average molecular weight is 305 g/mol. The molecule has 7 nitrogen and oxygen atoms in total. The Hall–Kier alpha value is -2.41. The van der Waals surface area contributed by atoms with Crippen LogP contribution in [0.2, 0.25) is 0 Å². The molecule has 1 saturated heterocycles. The van der Waals surface area contributed by atoms with Crippen molar-refractivity contribution < 1.29 is 19.8 Å². The van der Waals surface area contributed by atoms with Crippen molar-refractivity contribution in [2.45, 2.75) is 24.9 Å². The maximum Gasteiger partial charge on any atom is 0.328 e. The number of aromatic nitrogens is 1. The van der Waals surface area contributed by atoms with Crippen LogP contribution in [0.4, 0.5) is 5.69 Å². The van der Waals surface area contributed by atoms with Gasteiger partial charge in [-0.2, -0.15) is 0 Å². The third kappa shape index (κ3) is 4.05. The van der Waals surface area contributed by atoms with Crippen LogP contribution < -0.4 is 10.6 Å². The van der Waals surface area contributed by atoms with Crippen molar-refractivity contribution in [2.75, 3.05) is 11.4 Å². The number of piperidine rings is 1. The summed E-state index contributed by atoms with van der Waals surface area (Å²) in [6, 6.07) is 5.44. The number of aliphatic carboxylic acids is 2. The summed E-state index contributed by atoms with van der Waals surface area (Å²) in [5, 5.41) is 15.6. The number of carbonyl (C=O) groups is 2. The van der Waals surface area contributed by atoms with Gasteiger partial charge in [-0.05, 0) is 30.9 Å². The second-order valence-electron chi connectivity index (χ2n) is 5.32. The molecule has 1 aliphatic heterocycles. The topological polar surface area (TPSA) is 117 Å². The maximum absolute atomic E-state index is 9.55. The Morgan fingerprint density at radius 1 is 1.32 bits per heavy atom. The molecule has 0 spiro atoms. The predicted molar refractivity (Wildman–Crippen MR) is 80.5 cm³/mol. The van der Waals surface area contributed by atoms with Gasteiger partial charge in [-0.25, -0.2) is 9.59 Å². The molecular formula is C15H19N3O4. The predicted octanol–water partition coefficient (Wildman–Crippen LogP) is 0.719. The molecule has 22 heavy (non-hydrogen) atoms. The van der Waals surface area contributed by atoms with Gasteiger partial charge < -0.3 is 20.8 Å². The highest BCUT2D eigenvalue weighted by molar-refractivity contribution is 5.89. The van der Waals surface area contributed by atoms with E-state index >= 15 is 0 Å². The SMILES string of the molecule is NCC1CC2CC2N1c1cccnc1.O=C(O)/C=C/C(=O)O. The van der Waals surface area contributed by atoms with Crippen LogP contribution in [0.3, 0.4) is 0 Å². The number of hydrogen-bond acceptors (Lipinski definition) is 5. The highest BCUT2D eigenvalue weighted by atomic mass is 16.4. The summed E-state index contributed by atoms with van der Waals surface area (Å²) in [6.07, 6.45) is 7.51. The third-order valence-electron chi connectivity index (χ3n) is 3.80. The van der Waals surface area contributed by atoms with E-state index in [1.54, 1.807) is 0 Å². The van der Waals surface area contributed by atoms with E-state index in [-0.39, 0.29) is 0 Å². The van der Waals surface area contributed by atoms with E-state index in [0.717, 1.165) is 18.5 Å². The summed E-state index contributed by atoms with van der Waals surface area (Å²) >= 11 is 0. The van der Waals surface area contributed by atoms with E-state index in [1.165, 1.54) is 18.5 Å². The van der Waals surface area contributed by atoms with Gasteiger partial charge in [0.25, 0.3) is 0 Å². The standard InChI is InChI=1S/C11H15N3.C4H4O4/c12-6-10-4-8-5-11(8)14(10)9-2-1-3-13-7-9;5-3(6)1-2-4(7)8/h1-3,7-8,10-11H,4-6,12H2;1-2H,(H,5,6)(H,7,8)/b;2-1+. The second-order valence-corrected chi connectivity index (χ2v) is 5.32. The third-order valence-corrected chi connectivity index (χ3v) is 3.80. The van der Waals surface area contributed by atoms with Crippen LogP contribution in [0.5, 0.6) is 0 Å². The molecule has 3 unspecified atom stereocenters. The lowest BCUT2D eigenvalue weighted by Crippen LogP contribution is -2.38. The van der Waals surface area contributed by atoms with Crippen molar-refractivity contribution in [3.63, 3.8) is 0 Å². The molecular weight excluding hydrogens is 286 g/mol. The minimum atomic E-state index is -1.26. The van der Waals surface area contributed by atoms with Crippen molar-refractivity contribution >= 4 is 17.6 Å². The Kier molecular flexibility index (Phi) is 5.11. The van der Waals surface area contributed by atoms with E-state index in [4.69, 9.17) is 15.9 Å². The first-order valence-corrected chi connectivity index (χ1v) is 7.05. The minimum Gasteiger partial charge on any atom is -0.478 e. The van der Waals surface area contributed by atoms with E-state index in [9.17, 15) is 9.59 Å². The first-order chi connectivity index (χ1) is 10.5. The fraction of sp³-hybridized carbons (Fsp3) is 0.400. The quantitative estimate of drug-likeness (QED) is 0.702. The molecule has 2 fully saturated rings. The lowest BCUT2D eigenvalue weighted by Gasteiger charge is -2.28. The smallest absolute Gasteiger partial charge is 0.328 e. The molecule has 0 bridgehead atoms. The van der Waals surface area contributed by atoms with E-state index < -0.39 is 11.9 Å². The molecule has 1 aromatic heterocycles. The van der Waals surface area contributed by atoms with Crippen LogP contribution >= 0.6 is 0 Å². The number of hydrogen-bond donors (Lipinski definition) is 3. The maximum atomic E-state index is 9.55.